The van der Waals surface area contributed by atoms with Crippen LogP contribution in [0.4, 0.5) is 0 Å². The molecule has 1 N–H and O–H groups in total. The van der Waals surface area contributed by atoms with E-state index in [-0.39, 0.29) is 12.9 Å². The van der Waals surface area contributed by atoms with Gasteiger partial charge in [-0.3, -0.25) is 9.46 Å². The van der Waals surface area contributed by atoms with Gasteiger partial charge in [0.05, 0.1) is 6.61 Å². The first kappa shape index (κ1) is 11.1. The van der Waals surface area contributed by atoms with Gasteiger partial charge in [0.25, 0.3) is 0 Å². The van der Waals surface area contributed by atoms with Gasteiger partial charge in [-0.15, -0.1) is 0 Å². The van der Waals surface area contributed by atoms with Crippen molar-refractivity contribution in [1.29, 1.82) is 0 Å². The lowest BCUT2D eigenvalue weighted by Gasteiger charge is -2.27. The second-order valence-corrected chi connectivity index (χ2v) is 4.80. The molecule has 1 unspecified atom stereocenters. The van der Waals surface area contributed by atoms with E-state index in [2.05, 4.69) is 5.32 Å². The molecule has 1 fully saturated rings. The fourth-order valence-electron chi connectivity index (χ4n) is 1.28. The normalized spacial score (nSPS) is 24.2. The van der Waals surface area contributed by atoms with Crippen molar-refractivity contribution in [2.24, 2.45) is 0 Å². The molecular formula is C7H16N2O3P. The molecule has 13 heavy (non-hydrogen) atoms. The third-order valence-electron chi connectivity index (χ3n) is 1.86. The van der Waals surface area contributed by atoms with Crippen molar-refractivity contribution in [1.82, 2.24) is 10.2 Å². The van der Waals surface area contributed by atoms with Gasteiger partial charge in [-0.25, -0.2) is 5.32 Å². The minimum absolute atomic E-state index is 0.135. The number of piperazine rings is 1. The second kappa shape index (κ2) is 5.08. The Hall–Kier alpha value is 0.0700. The zero-order valence-electron chi connectivity index (χ0n) is 7.85. The van der Waals surface area contributed by atoms with E-state index in [4.69, 9.17) is 4.52 Å². The van der Waals surface area contributed by atoms with Gasteiger partial charge in [0.2, 0.25) is 0 Å². The first-order valence-electron chi connectivity index (χ1n) is 4.46. The van der Waals surface area contributed by atoms with E-state index in [1.54, 1.807) is 6.92 Å². The highest BCUT2D eigenvalue weighted by molar-refractivity contribution is 7.52. The summed E-state index contributed by atoms with van der Waals surface area (Å²) in [5.74, 6) is 0. The molecule has 1 radical (unpaired) electrons. The van der Waals surface area contributed by atoms with Crippen LogP contribution in [0.15, 0.2) is 0 Å². The molecule has 0 aromatic heterocycles. The molecule has 0 aromatic carbocycles. The number of hydrogen-bond acceptors (Lipinski definition) is 3. The molecule has 0 aliphatic carbocycles. The van der Waals surface area contributed by atoms with Crippen LogP contribution < -0.4 is 5.32 Å². The average molecular weight is 207 g/mol. The molecular weight excluding hydrogens is 191 g/mol. The Labute approximate surface area is 78.6 Å². The van der Waals surface area contributed by atoms with Crippen molar-refractivity contribution in [3.8, 4) is 0 Å². The van der Waals surface area contributed by atoms with E-state index in [1.807, 2.05) is 4.90 Å². The highest BCUT2D eigenvalue weighted by atomic mass is 31.2. The van der Waals surface area contributed by atoms with E-state index in [0.717, 1.165) is 26.2 Å². The molecule has 0 saturated carbocycles. The molecule has 1 heterocycles. The Kier molecular flexibility index (Phi) is 4.35. The molecule has 5 nitrogen and oxygen atoms in total. The molecule has 0 spiro atoms. The SMILES string of the molecule is CCOP(=O)(O)CN1CC[N]CC1. The fraction of sp³-hybridized carbons (Fsp3) is 1.00. The van der Waals surface area contributed by atoms with E-state index in [1.165, 1.54) is 0 Å². The van der Waals surface area contributed by atoms with E-state index < -0.39 is 7.60 Å². The Morgan fingerprint density at radius 2 is 2.15 bits per heavy atom. The van der Waals surface area contributed by atoms with Crippen molar-refractivity contribution >= 4 is 7.60 Å². The number of rotatable bonds is 4. The maximum atomic E-state index is 11.3. The monoisotopic (exact) mass is 207 g/mol. The lowest BCUT2D eigenvalue weighted by atomic mass is 10.4. The van der Waals surface area contributed by atoms with Gasteiger partial charge in [-0.2, -0.15) is 0 Å². The van der Waals surface area contributed by atoms with Crippen LogP contribution in [0, 0.1) is 0 Å². The Bertz CT molecular complexity index is 194. The fourth-order valence-corrected chi connectivity index (χ4v) is 2.56. The van der Waals surface area contributed by atoms with Crippen LogP contribution in [0.5, 0.6) is 0 Å². The van der Waals surface area contributed by atoms with E-state index >= 15 is 0 Å². The lowest BCUT2D eigenvalue weighted by Crippen LogP contribution is -2.40. The zero-order valence-corrected chi connectivity index (χ0v) is 8.74. The molecule has 1 aliphatic rings. The highest BCUT2D eigenvalue weighted by Crippen LogP contribution is 2.42. The van der Waals surface area contributed by atoms with Crippen molar-refractivity contribution in [3.63, 3.8) is 0 Å². The van der Waals surface area contributed by atoms with Gasteiger partial charge in [0.1, 0.15) is 6.29 Å². The van der Waals surface area contributed by atoms with Crippen molar-refractivity contribution in [3.05, 3.63) is 0 Å². The third kappa shape index (κ3) is 4.20. The molecule has 1 saturated heterocycles. The van der Waals surface area contributed by atoms with Crippen LogP contribution in [0.1, 0.15) is 6.92 Å². The standard InChI is InChI=1S/C7H16N2O3P/c1-2-12-13(10,11)7-9-5-3-8-4-6-9/h2-7H2,1H3,(H,10,11). The van der Waals surface area contributed by atoms with Crippen LogP contribution in [0.3, 0.4) is 0 Å². The quantitative estimate of drug-likeness (QED) is 0.663. The minimum atomic E-state index is -3.38. The summed E-state index contributed by atoms with van der Waals surface area (Å²) < 4.78 is 16.1. The third-order valence-corrected chi connectivity index (χ3v) is 3.28. The van der Waals surface area contributed by atoms with Gasteiger partial charge in [0, 0.05) is 26.2 Å². The van der Waals surface area contributed by atoms with Crippen molar-refractivity contribution in [2.45, 2.75) is 6.92 Å². The Morgan fingerprint density at radius 1 is 1.54 bits per heavy atom. The molecule has 1 rings (SSSR count). The summed E-state index contributed by atoms with van der Waals surface area (Å²) in [4.78, 5) is 11.2. The topological polar surface area (TPSA) is 63.9 Å². The predicted molar refractivity (Wildman–Crippen MR) is 49.8 cm³/mol. The van der Waals surface area contributed by atoms with Crippen molar-refractivity contribution < 1.29 is 14.0 Å². The van der Waals surface area contributed by atoms with E-state index in [0.29, 0.717) is 0 Å². The largest absolute Gasteiger partial charge is 0.341 e. The zero-order chi connectivity index (χ0) is 9.73. The van der Waals surface area contributed by atoms with Crippen LogP contribution >= 0.6 is 7.60 Å². The minimum Gasteiger partial charge on any atom is -0.323 e. The first-order chi connectivity index (χ1) is 6.14. The summed E-state index contributed by atoms with van der Waals surface area (Å²) in [6.07, 6.45) is 0.135. The van der Waals surface area contributed by atoms with Crippen LogP contribution in [-0.4, -0.2) is 48.9 Å². The van der Waals surface area contributed by atoms with Crippen LogP contribution in [0.2, 0.25) is 0 Å². The van der Waals surface area contributed by atoms with Crippen LogP contribution in [0.25, 0.3) is 0 Å². The summed E-state index contributed by atoms with van der Waals surface area (Å²) in [7, 11) is -3.38. The molecule has 0 aromatic rings. The maximum Gasteiger partial charge on any atom is 0.341 e. The van der Waals surface area contributed by atoms with Gasteiger partial charge in [-0.05, 0) is 6.92 Å². The maximum absolute atomic E-state index is 11.3. The Balaban J connectivity index is 2.32. The first-order valence-corrected chi connectivity index (χ1v) is 6.22. The molecule has 1 aliphatic heterocycles. The Morgan fingerprint density at radius 3 is 2.69 bits per heavy atom. The predicted octanol–water partition coefficient (Wildman–Crippen LogP) is 0.0858. The van der Waals surface area contributed by atoms with Gasteiger partial charge < -0.3 is 9.42 Å². The highest BCUT2D eigenvalue weighted by Gasteiger charge is 2.23. The molecule has 77 valence electrons. The van der Waals surface area contributed by atoms with Crippen LogP contribution in [-0.2, 0) is 9.09 Å². The second-order valence-electron chi connectivity index (χ2n) is 2.99. The number of hydrogen-bond donors (Lipinski definition) is 1. The average Bonchev–Trinajstić information content (AvgIpc) is 2.04. The molecule has 6 heteroatoms. The number of nitrogens with zero attached hydrogens (tertiary/aromatic N) is 2. The summed E-state index contributed by atoms with van der Waals surface area (Å²) in [5.41, 5.74) is 0. The summed E-state index contributed by atoms with van der Waals surface area (Å²) >= 11 is 0. The molecule has 0 amide bonds. The van der Waals surface area contributed by atoms with Crippen molar-refractivity contribution in [2.75, 3.05) is 39.1 Å². The molecule has 1 atom stereocenters. The lowest BCUT2D eigenvalue weighted by molar-refractivity contribution is 0.220. The summed E-state index contributed by atoms with van der Waals surface area (Å²) in [5, 5.41) is 4.15. The summed E-state index contributed by atoms with van der Waals surface area (Å²) in [6, 6.07) is 0. The van der Waals surface area contributed by atoms with E-state index in [9.17, 15) is 9.46 Å². The van der Waals surface area contributed by atoms with Gasteiger partial charge in [-0.1, -0.05) is 0 Å². The van der Waals surface area contributed by atoms with Gasteiger partial charge in [0.15, 0.2) is 0 Å². The molecule has 0 bridgehead atoms. The van der Waals surface area contributed by atoms with Gasteiger partial charge >= 0.3 is 7.60 Å². The summed E-state index contributed by atoms with van der Waals surface area (Å²) in [6.45, 7) is 5.04. The smallest absolute Gasteiger partial charge is 0.323 e.